The smallest absolute Gasteiger partial charge is 0.294 e. The minimum atomic E-state index is -0.513. The summed E-state index contributed by atoms with van der Waals surface area (Å²) in [6.45, 7) is 1.61. The van der Waals surface area contributed by atoms with Crippen molar-refractivity contribution in [2.24, 2.45) is 5.10 Å². The molecule has 22 heavy (non-hydrogen) atoms. The summed E-state index contributed by atoms with van der Waals surface area (Å²) in [5, 5.41) is 25.3. The summed E-state index contributed by atoms with van der Waals surface area (Å²) in [7, 11) is 0. The van der Waals surface area contributed by atoms with E-state index in [0.29, 0.717) is 16.3 Å². The molecule has 0 aliphatic heterocycles. The van der Waals surface area contributed by atoms with Crippen LogP contribution in [0.2, 0.25) is 10.0 Å². The van der Waals surface area contributed by atoms with E-state index < -0.39 is 4.92 Å². The average Bonchev–Trinajstić information content (AvgIpc) is 2.48. The first-order valence-corrected chi connectivity index (χ1v) is 6.88. The third-order valence-electron chi connectivity index (χ3n) is 2.86. The third kappa shape index (κ3) is 3.47. The molecule has 6 nitrogen and oxygen atoms in total. The highest BCUT2D eigenvalue weighted by atomic mass is 35.5. The van der Waals surface area contributed by atoms with Crippen molar-refractivity contribution in [3.05, 3.63) is 62.1 Å². The van der Waals surface area contributed by atoms with E-state index in [-0.39, 0.29) is 22.1 Å². The number of benzene rings is 2. The summed E-state index contributed by atoms with van der Waals surface area (Å²) in [5.41, 5.74) is 3.45. The molecule has 0 fully saturated rings. The standard InChI is InChI=1S/C14H11Cl2N3O3/c1-8(10-6-9(15)7-11(16)14(10)20)17-18-12-4-2-3-5-13(12)19(21)22/h2-7,18,20H,1H3/b17-8+. The molecule has 114 valence electrons. The number of nitrogens with one attached hydrogen (secondary N) is 1. The number of phenolic OH excluding ortho intramolecular Hbond substituents is 1. The summed E-state index contributed by atoms with van der Waals surface area (Å²) in [6, 6.07) is 9.00. The highest BCUT2D eigenvalue weighted by Crippen LogP contribution is 2.31. The highest BCUT2D eigenvalue weighted by Gasteiger charge is 2.13. The molecule has 0 unspecified atom stereocenters. The van der Waals surface area contributed by atoms with Gasteiger partial charge in [0.15, 0.2) is 0 Å². The molecule has 2 aromatic carbocycles. The Morgan fingerprint density at radius 2 is 2.00 bits per heavy atom. The van der Waals surface area contributed by atoms with Crippen molar-refractivity contribution in [2.45, 2.75) is 6.92 Å². The lowest BCUT2D eigenvalue weighted by Gasteiger charge is -2.08. The van der Waals surface area contributed by atoms with Crippen LogP contribution in [0.15, 0.2) is 41.5 Å². The Morgan fingerprint density at radius 1 is 1.32 bits per heavy atom. The number of aromatic hydroxyl groups is 1. The zero-order valence-electron chi connectivity index (χ0n) is 11.4. The molecule has 0 radical (unpaired) electrons. The fourth-order valence-electron chi connectivity index (χ4n) is 1.77. The molecule has 0 bridgehead atoms. The second kappa shape index (κ2) is 6.64. The first-order chi connectivity index (χ1) is 10.4. The number of nitrogens with zero attached hydrogens (tertiary/aromatic N) is 2. The van der Waals surface area contributed by atoms with Gasteiger partial charge in [0.1, 0.15) is 11.4 Å². The van der Waals surface area contributed by atoms with E-state index in [4.69, 9.17) is 23.2 Å². The van der Waals surface area contributed by atoms with Crippen molar-refractivity contribution in [3.63, 3.8) is 0 Å². The van der Waals surface area contributed by atoms with Gasteiger partial charge in [0.05, 0.1) is 15.7 Å². The van der Waals surface area contributed by atoms with E-state index in [9.17, 15) is 15.2 Å². The van der Waals surface area contributed by atoms with Gasteiger partial charge in [-0.3, -0.25) is 15.5 Å². The molecule has 0 saturated carbocycles. The van der Waals surface area contributed by atoms with Crippen LogP contribution in [0.5, 0.6) is 5.75 Å². The maximum absolute atomic E-state index is 10.9. The van der Waals surface area contributed by atoms with Crippen molar-refractivity contribution < 1.29 is 10.0 Å². The number of hydrogen-bond acceptors (Lipinski definition) is 5. The second-order valence-electron chi connectivity index (χ2n) is 4.37. The molecular weight excluding hydrogens is 329 g/mol. The number of anilines is 1. The molecule has 0 saturated heterocycles. The van der Waals surface area contributed by atoms with Gasteiger partial charge in [0.2, 0.25) is 0 Å². The minimum Gasteiger partial charge on any atom is -0.506 e. The van der Waals surface area contributed by atoms with E-state index in [1.807, 2.05) is 0 Å². The van der Waals surface area contributed by atoms with Gasteiger partial charge in [-0.1, -0.05) is 35.3 Å². The summed E-state index contributed by atoms with van der Waals surface area (Å²) >= 11 is 11.7. The van der Waals surface area contributed by atoms with Crippen LogP contribution in [0.25, 0.3) is 0 Å². The fourth-order valence-corrected chi connectivity index (χ4v) is 2.27. The molecule has 0 aromatic heterocycles. The van der Waals surface area contributed by atoms with E-state index in [1.165, 1.54) is 24.3 Å². The number of halogens is 2. The monoisotopic (exact) mass is 339 g/mol. The summed E-state index contributed by atoms with van der Waals surface area (Å²) in [5.74, 6) is -0.156. The Morgan fingerprint density at radius 3 is 2.68 bits per heavy atom. The predicted molar refractivity (Wildman–Crippen MR) is 87.1 cm³/mol. The number of para-hydroxylation sites is 2. The van der Waals surface area contributed by atoms with Gasteiger partial charge in [-0.25, -0.2) is 0 Å². The van der Waals surface area contributed by atoms with Crippen molar-refractivity contribution in [1.82, 2.24) is 0 Å². The van der Waals surface area contributed by atoms with Crippen LogP contribution < -0.4 is 5.43 Å². The molecular formula is C14H11Cl2N3O3. The first-order valence-electron chi connectivity index (χ1n) is 6.12. The molecule has 2 aromatic rings. The maximum Gasteiger partial charge on any atom is 0.294 e. The maximum atomic E-state index is 10.9. The number of phenols is 1. The van der Waals surface area contributed by atoms with Gasteiger partial charge in [-0.15, -0.1) is 0 Å². The number of hydrazone groups is 1. The normalized spacial score (nSPS) is 11.3. The Balaban J connectivity index is 2.34. The lowest BCUT2D eigenvalue weighted by Crippen LogP contribution is -2.02. The van der Waals surface area contributed by atoms with Crippen LogP contribution in [-0.4, -0.2) is 15.7 Å². The summed E-state index contributed by atoms with van der Waals surface area (Å²) in [6.07, 6.45) is 0. The molecule has 0 amide bonds. The number of nitro benzene ring substituents is 1. The SMILES string of the molecule is C/C(=N\Nc1ccccc1[N+](=O)[O-])c1cc(Cl)cc(Cl)c1O. The quantitative estimate of drug-likeness (QED) is 0.489. The summed E-state index contributed by atoms with van der Waals surface area (Å²) < 4.78 is 0. The second-order valence-corrected chi connectivity index (χ2v) is 5.21. The molecule has 2 rings (SSSR count). The summed E-state index contributed by atoms with van der Waals surface area (Å²) in [4.78, 5) is 10.4. The molecule has 2 N–H and O–H groups in total. The average molecular weight is 340 g/mol. The molecule has 0 atom stereocenters. The van der Waals surface area contributed by atoms with Gasteiger partial charge in [0, 0.05) is 16.7 Å². The minimum absolute atomic E-state index is 0.0998. The first kappa shape index (κ1) is 16.1. The van der Waals surface area contributed by atoms with Crippen molar-refractivity contribution in [2.75, 3.05) is 5.43 Å². The van der Waals surface area contributed by atoms with Gasteiger partial charge < -0.3 is 5.11 Å². The molecule has 0 spiro atoms. The van der Waals surface area contributed by atoms with Crippen molar-refractivity contribution in [1.29, 1.82) is 0 Å². The number of rotatable bonds is 4. The van der Waals surface area contributed by atoms with Gasteiger partial charge >= 0.3 is 0 Å². The lowest BCUT2D eigenvalue weighted by atomic mass is 10.1. The van der Waals surface area contributed by atoms with Crippen LogP contribution in [0.1, 0.15) is 12.5 Å². The van der Waals surface area contributed by atoms with E-state index in [1.54, 1.807) is 19.1 Å². The van der Waals surface area contributed by atoms with Gasteiger partial charge in [-0.2, -0.15) is 5.10 Å². The van der Waals surface area contributed by atoms with Crippen LogP contribution in [0.3, 0.4) is 0 Å². The Hall–Kier alpha value is -2.31. The highest BCUT2D eigenvalue weighted by molar-refractivity contribution is 6.36. The topological polar surface area (TPSA) is 87.8 Å². The molecule has 0 aliphatic rings. The molecule has 0 aliphatic carbocycles. The van der Waals surface area contributed by atoms with Gasteiger partial charge in [-0.05, 0) is 25.1 Å². The van der Waals surface area contributed by atoms with Crippen molar-refractivity contribution >= 4 is 40.3 Å². The number of nitro groups is 1. The number of hydrogen-bond donors (Lipinski definition) is 2. The van der Waals surface area contributed by atoms with Crippen molar-refractivity contribution in [3.8, 4) is 5.75 Å². The van der Waals surface area contributed by atoms with Crippen LogP contribution in [-0.2, 0) is 0 Å². The Labute approximate surface area is 136 Å². The third-order valence-corrected chi connectivity index (χ3v) is 3.37. The Kier molecular flexibility index (Phi) is 4.85. The zero-order valence-corrected chi connectivity index (χ0v) is 12.9. The molecule has 0 heterocycles. The van der Waals surface area contributed by atoms with Crippen LogP contribution in [0.4, 0.5) is 11.4 Å². The molecule has 8 heteroatoms. The fraction of sp³-hybridized carbons (Fsp3) is 0.0714. The lowest BCUT2D eigenvalue weighted by molar-refractivity contribution is -0.384. The van der Waals surface area contributed by atoms with E-state index in [2.05, 4.69) is 10.5 Å². The van der Waals surface area contributed by atoms with Crippen LogP contribution >= 0.6 is 23.2 Å². The van der Waals surface area contributed by atoms with E-state index in [0.717, 1.165) is 0 Å². The zero-order chi connectivity index (χ0) is 16.3. The predicted octanol–water partition coefficient (Wildman–Crippen LogP) is 4.44. The van der Waals surface area contributed by atoms with Gasteiger partial charge in [0.25, 0.3) is 5.69 Å². The van der Waals surface area contributed by atoms with Crippen LogP contribution in [0, 0.1) is 10.1 Å². The van der Waals surface area contributed by atoms with E-state index >= 15 is 0 Å². The Bertz CT molecular complexity index is 763. The largest absolute Gasteiger partial charge is 0.506 e.